The van der Waals surface area contributed by atoms with E-state index >= 15 is 0 Å². The molecule has 0 bridgehead atoms. The van der Waals surface area contributed by atoms with Gasteiger partial charge in [0.15, 0.2) is 0 Å². The lowest BCUT2D eigenvalue weighted by molar-refractivity contribution is -0.117. The number of hydrogen-bond acceptors (Lipinski definition) is 3. The van der Waals surface area contributed by atoms with E-state index in [1.165, 1.54) is 0 Å². The van der Waals surface area contributed by atoms with Gasteiger partial charge >= 0.3 is 0 Å². The summed E-state index contributed by atoms with van der Waals surface area (Å²) in [5, 5.41) is 12.4. The highest BCUT2D eigenvalue weighted by atomic mass is 16.1. The molecule has 156 valence electrons. The van der Waals surface area contributed by atoms with Crippen LogP contribution < -0.4 is 5.32 Å². The number of aryl methyl sites for hydroxylation is 2. The Kier molecular flexibility index (Phi) is 6.41. The number of benzene rings is 1. The number of nitrogens with zero attached hydrogens (tertiary/aromatic N) is 4. The molecule has 30 heavy (non-hydrogen) atoms. The molecule has 2 heterocycles. The van der Waals surface area contributed by atoms with Gasteiger partial charge in [-0.3, -0.25) is 4.79 Å². The van der Waals surface area contributed by atoms with Gasteiger partial charge in [0, 0.05) is 37.9 Å². The molecule has 0 aliphatic heterocycles. The second-order valence-electron chi connectivity index (χ2n) is 8.08. The van der Waals surface area contributed by atoms with Gasteiger partial charge in [0.05, 0.1) is 11.0 Å². The number of imidazole rings is 1. The predicted molar refractivity (Wildman–Crippen MR) is 120 cm³/mol. The molecule has 1 amide bonds. The van der Waals surface area contributed by atoms with Crippen LogP contribution in [0.1, 0.15) is 36.6 Å². The van der Waals surface area contributed by atoms with E-state index in [2.05, 4.69) is 35.6 Å². The van der Waals surface area contributed by atoms with Gasteiger partial charge in [0.1, 0.15) is 17.5 Å². The highest BCUT2D eigenvalue weighted by Gasteiger charge is 2.14. The molecule has 0 spiro atoms. The Morgan fingerprint density at radius 3 is 2.70 bits per heavy atom. The van der Waals surface area contributed by atoms with Crippen molar-refractivity contribution in [3.63, 3.8) is 0 Å². The summed E-state index contributed by atoms with van der Waals surface area (Å²) in [6, 6.07) is 12.0. The van der Waals surface area contributed by atoms with Crippen LogP contribution in [-0.4, -0.2) is 26.6 Å². The number of rotatable bonds is 7. The van der Waals surface area contributed by atoms with Gasteiger partial charge in [-0.1, -0.05) is 26.0 Å². The largest absolute Gasteiger partial charge is 0.351 e. The lowest BCUT2D eigenvalue weighted by atomic mass is 10.1. The van der Waals surface area contributed by atoms with Gasteiger partial charge in [-0.2, -0.15) is 5.26 Å². The molecule has 0 radical (unpaired) electrons. The third-order valence-electron chi connectivity index (χ3n) is 5.34. The number of amides is 1. The normalized spacial score (nSPS) is 11.8. The summed E-state index contributed by atoms with van der Waals surface area (Å²) in [5.74, 6) is 1.06. The minimum absolute atomic E-state index is 0.116. The van der Waals surface area contributed by atoms with E-state index in [0.717, 1.165) is 40.4 Å². The van der Waals surface area contributed by atoms with Crippen LogP contribution in [0.3, 0.4) is 0 Å². The zero-order valence-electron chi connectivity index (χ0n) is 18.4. The maximum Gasteiger partial charge on any atom is 0.261 e. The van der Waals surface area contributed by atoms with E-state index in [9.17, 15) is 10.1 Å². The van der Waals surface area contributed by atoms with Crippen molar-refractivity contribution >= 4 is 23.0 Å². The topological polar surface area (TPSA) is 75.6 Å². The van der Waals surface area contributed by atoms with Gasteiger partial charge in [-0.15, -0.1) is 0 Å². The first-order valence-corrected chi connectivity index (χ1v) is 10.3. The number of nitriles is 1. The summed E-state index contributed by atoms with van der Waals surface area (Å²) in [6.45, 7) is 9.76. The minimum Gasteiger partial charge on any atom is -0.351 e. The van der Waals surface area contributed by atoms with Crippen molar-refractivity contribution in [1.29, 1.82) is 5.26 Å². The number of carbonyl (C=O) groups is 1. The standard InChI is InChI=1S/C24H29N5O/c1-16(2)15-29-17(3)12-19(18(29)4)13-20(14-25)24(30)26-11-10-23-27-21-8-6-7-9-22(21)28(23)5/h6-9,12-13,16H,10-11,15H2,1-5H3,(H,26,30)/b20-13-. The first-order chi connectivity index (χ1) is 14.3. The van der Waals surface area contributed by atoms with Crippen LogP contribution in [0.25, 0.3) is 17.1 Å². The third kappa shape index (κ3) is 4.46. The van der Waals surface area contributed by atoms with E-state index in [4.69, 9.17) is 0 Å². The fraction of sp³-hybridized carbons (Fsp3) is 0.375. The quantitative estimate of drug-likeness (QED) is 0.480. The molecule has 6 nitrogen and oxygen atoms in total. The molecule has 0 atom stereocenters. The average molecular weight is 404 g/mol. The zero-order valence-corrected chi connectivity index (χ0v) is 18.4. The van der Waals surface area contributed by atoms with Crippen LogP contribution in [0.15, 0.2) is 35.9 Å². The van der Waals surface area contributed by atoms with E-state index in [1.54, 1.807) is 6.08 Å². The number of aromatic nitrogens is 3. The van der Waals surface area contributed by atoms with Crippen molar-refractivity contribution in [3.8, 4) is 6.07 Å². The highest BCUT2D eigenvalue weighted by molar-refractivity contribution is 6.01. The predicted octanol–water partition coefficient (Wildman–Crippen LogP) is 3.91. The van der Waals surface area contributed by atoms with E-state index in [0.29, 0.717) is 18.9 Å². The SMILES string of the molecule is Cc1cc(/C=C(/C#N)C(=O)NCCc2nc3ccccc3n2C)c(C)n1CC(C)C. The molecule has 0 fully saturated rings. The summed E-state index contributed by atoms with van der Waals surface area (Å²) in [7, 11) is 1.97. The fourth-order valence-electron chi connectivity index (χ4n) is 3.73. The van der Waals surface area contributed by atoms with Gasteiger partial charge in [-0.05, 0) is 49.6 Å². The number of carbonyl (C=O) groups excluding carboxylic acids is 1. The van der Waals surface area contributed by atoms with Gasteiger partial charge in [-0.25, -0.2) is 4.98 Å². The molecule has 3 aromatic rings. The molecule has 0 unspecified atom stereocenters. The van der Waals surface area contributed by atoms with E-state index in [1.807, 2.05) is 54.9 Å². The van der Waals surface area contributed by atoms with Crippen LogP contribution in [0.5, 0.6) is 0 Å². The maximum absolute atomic E-state index is 12.6. The maximum atomic E-state index is 12.6. The van der Waals surface area contributed by atoms with Crippen molar-refractivity contribution < 1.29 is 4.79 Å². The third-order valence-corrected chi connectivity index (χ3v) is 5.34. The fourth-order valence-corrected chi connectivity index (χ4v) is 3.73. The summed E-state index contributed by atoms with van der Waals surface area (Å²) in [5.41, 5.74) is 5.23. The number of para-hydroxylation sites is 2. The number of nitrogens with one attached hydrogen (secondary N) is 1. The molecule has 0 saturated heterocycles. The average Bonchev–Trinajstić information content (AvgIpc) is 3.17. The molecule has 1 aromatic carbocycles. The molecule has 0 aliphatic rings. The van der Waals surface area contributed by atoms with Crippen LogP contribution in [0.4, 0.5) is 0 Å². The van der Waals surface area contributed by atoms with Crippen LogP contribution in [0, 0.1) is 31.1 Å². The highest BCUT2D eigenvalue weighted by Crippen LogP contribution is 2.20. The Morgan fingerprint density at radius 1 is 1.30 bits per heavy atom. The summed E-state index contributed by atoms with van der Waals surface area (Å²) < 4.78 is 4.27. The Balaban J connectivity index is 1.69. The van der Waals surface area contributed by atoms with Gasteiger partial charge < -0.3 is 14.5 Å². The molecule has 6 heteroatoms. The second kappa shape index (κ2) is 9.00. The van der Waals surface area contributed by atoms with Crippen molar-refractivity contribution in [2.24, 2.45) is 13.0 Å². The van der Waals surface area contributed by atoms with E-state index < -0.39 is 0 Å². The molecular weight excluding hydrogens is 374 g/mol. The Bertz CT molecular complexity index is 1140. The molecule has 1 N–H and O–H groups in total. The van der Waals surface area contributed by atoms with Crippen molar-refractivity contribution in [3.05, 3.63) is 58.7 Å². The Labute approximate surface area is 177 Å². The Morgan fingerprint density at radius 2 is 2.03 bits per heavy atom. The van der Waals surface area contributed by atoms with E-state index in [-0.39, 0.29) is 11.5 Å². The molecule has 2 aromatic heterocycles. The Hall–Kier alpha value is -3.33. The summed E-state index contributed by atoms with van der Waals surface area (Å²) in [4.78, 5) is 17.2. The second-order valence-corrected chi connectivity index (χ2v) is 8.08. The minimum atomic E-state index is -0.357. The van der Waals surface area contributed by atoms with Gasteiger partial charge in [0.2, 0.25) is 0 Å². The number of fused-ring (bicyclic) bond motifs is 1. The zero-order chi connectivity index (χ0) is 21.8. The first-order valence-electron chi connectivity index (χ1n) is 10.3. The van der Waals surface area contributed by atoms with Crippen molar-refractivity contribution in [2.45, 2.75) is 40.7 Å². The molecule has 0 saturated carbocycles. The number of hydrogen-bond donors (Lipinski definition) is 1. The lowest BCUT2D eigenvalue weighted by Crippen LogP contribution is -2.27. The van der Waals surface area contributed by atoms with Gasteiger partial charge in [0.25, 0.3) is 5.91 Å². The summed E-state index contributed by atoms with van der Waals surface area (Å²) >= 11 is 0. The van der Waals surface area contributed by atoms with Crippen LogP contribution in [-0.2, 0) is 24.8 Å². The molecule has 3 rings (SSSR count). The monoisotopic (exact) mass is 403 g/mol. The molecule has 0 aliphatic carbocycles. The molecular formula is C24H29N5O. The van der Waals surface area contributed by atoms with Crippen LogP contribution in [0.2, 0.25) is 0 Å². The summed E-state index contributed by atoms with van der Waals surface area (Å²) in [6.07, 6.45) is 2.28. The van der Waals surface area contributed by atoms with Crippen LogP contribution >= 0.6 is 0 Å². The first kappa shape index (κ1) is 21.4. The lowest BCUT2D eigenvalue weighted by Gasteiger charge is -2.12. The van der Waals surface area contributed by atoms with Crippen molar-refractivity contribution in [2.75, 3.05) is 6.54 Å². The smallest absolute Gasteiger partial charge is 0.261 e. The van der Waals surface area contributed by atoms with Crippen molar-refractivity contribution in [1.82, 2.24) is 19.4 Å².